The average Bonchev–Trinajstić information content (AvgIpc) is 3.19. The van der Waals surface area contributed by atoms with Crippen LogP contribution >= 0.6 is 11.6 Å². The lowest BCUT2D eigenvalue weighted by Crippen LogP contribution is -2.42. The minimum Gasteiger partial charge on any atom is -0.381 e. The van der Waals surface area contributed by atoms with E-state index in [-0.39, 0.29) is 17.7 Å². The van der Waals surface area contributed by atoms with Gasteiger partial charge >= 0.3 is 0 Å². The van der Waals surface area contributed by atoms with Crippen LogP contribution in [0.4, 0.5) is 0 Å². The van der Waals surface area contributed by atoms with Crippen LogP contribution in [0.3, 0.4) is 0 Å². The summed E-state index contributed by atoms with van der Waals surface area (Å²) in [6, 6.07) is 7.53. The number of carbonyl (C=O) groups is 2. The number of likely N-dealkylation sites (tertiary alicyclic amines) is 1. The normalized spacial score (nSPS) is 21.0. The van der Waals surface area contributed by atoms with Gasteiger partial charge in [0.25, 0.3) is 0 Å². The van der Waals surface area contributed by atoms with Crippen molar-refractivity contribution in [2.75, 3.05) is 26.3 Å². The van der Waals surface area contributed by atoms with E-state index < -0.39 is 0 Å². The van der Waals surface area contributed by atoms with E-state index in [0.29, 0.717) is 37.1 Å². The van der Waals surface area contributed by atoms with E-state index in [1.165, 1.54) is 0 Å². The molecule has 3 rings (SSSR count). The number of rotatable bonds is 6. The van der Waals surface area contributed by atoms with Crippen molar-refractivity contribution in [1.82, 2.24) is 10.2 Å². The van der Waals surface area contributed by atoms with Crippen LogP contribution in [0, 0.1) is 11.8 Å². The molecule has 142 valence electrons. The summed E-state index contributed by atoms with van der Waals surface area (Å²) >= 11 is 5.95. The molecule has 5 nitrogen and oxygen atoms in total. The van der Waals surface area contributed by atoms with Gasteiger partial charge in [-0.25, -0.2) is 0 Å². The van der Waals surface area contributed by atoms with Gasteiger partial charge in [0.2, 0.25) is 11.8 Å². The summed E-state index contributed by atoms with van der Waals surface area (Å²) in [6.45, 7) is 3.41. The number of piperidine rings is 1. The Morgan fingerprint density at radius 3 is 2.73 bits per heavy atom. The lowest BCUT2D eigenvalue weighted by molar-refractivity contribution is -0.137. The van der Waals surface area contributed by atoms with Gasteiger partial charge in [0.15, 0.2) is 0 Å². The average molecular weight is 379 g/mol. The quantitative estimate of drug-likeness (QED) is 0.827. The summed E-state index contributed by atoms with van der Waals surface area (Å²) in [4.78, 5) is 26.4. The van der Waals surface area contributed by atoms with Gasteiger partial charge in [0, 0.05) is 37.7 Å². The number of ether oxygens (including phenoxy) is 1. The Bertz CT molecular complexity index is 623. The van der Waals surface area contributed by atoms with Crippen molar-refractivity contribution in [2.24, 2.45) is 11.8 Å². The maximum atomic E-state index is 12.4. The first kappa shape index (κ1) is 19.2. The third-order valence-corrected chi connectivity index (χ3v) is 5.60. The Balaban J connectivity index is 1.33. The highest BCUT2D eigenvalue weighted by Gasteiger charge is 2.30. The Morgan fingerprint density at radius 1 is 1.23 bits per heavy atom. The van der Waals surface area contributed by atoms with E-state index in [0.717, 1.165) is 44.3 Å². The second-order valence-electron chi connectivity index (χ2n) is 7.27. The van der Waals surface area contributed by atoms with Crippen molar-refractivity contribution in [3.8, 4) is 0 Å². The van der Waals surface area contributed by atoms with Crippen LogP contribution in [-0.2, 0) is 20.9 Å². The van der Waals surface area contributed by atoms with Crippen LogP contribution in [0.1, 0.15) is 37.7 Å². The zero-order chi connectivity index (χ0) is 18.4. The number of amides is 2. The molecule has 2 heterocycles. The van der Waals surface area contributed by atoms with Gasteiger partial charge < -0.3 is 15.0 Å². The first-order chi connectivity index (χ1) is 12.6. The minimum atomic E-state index is 0.0591. The zero-order valence-electron chi connectivity index (χ0n) is 15.1. The Labute approximate surface area is 160 Å². The number of nitrogens with zero attached hydrogens (tertiary/aromatic N) is 1. The molecule has 2 aliphatic heterocycles. The van der Waals surface area contributed by atoms with Gasteiger partial charge in [0.05, 0.1) is 12.5 Å². The molecular weight excluding hydrogens is 352 g/mol. The molecule has 1 aromatic rings. The molecule has 0 unspecified atom stereocenters. The van der Waals surface area contributed by atoms with Crippen molar-refractivity contribution in [2.45, 2.75) is 38.6 Å². The fourth-order valence-corrected chi connectivity index (χ4v) is 3.91. The molecule has 1 atom stereocenters. The van der Waals surface area contributed by atoms with Crippen molar-refractivity contribution in [3.05, 3.63) is 34.9 Å². The predicted octanol–water partition coefficient (Wildman–Crippen LogP) is 3.01. The first-order valence-corrected chi connectivity index (χ1v) is 9.87. The van der Waals surface area contributed by atoms with E-state index >= 15 is 0 Å². The highest BCUT2D eigenvalue weighted by molar-refractivity contribution is 6.30. The number of benzene rings is 1. The van der Waals surface area contributed by atoms with Crippen molar-refractivity contribution >= 4 is 23.4 Å². The number of carbonyl (C=O) groups excluding carboxylic acids is 2. The lowest BCUT2D eigenvalue weighted by atomic mass is 9.91. The molecule has 2 fully saturated rings. The summed E-state index contributed by atoms with van der Waals surface area (Å²) in [6.07, 6.45) is 4.25. The second-order valence-corrected chi connectivity index (χ2v) is 7.71. The van der Waals surface area contributed by atoms with E-state index in [4.69, 9.17) is 16.3 Å². The molecule has 0 aromatic heterocycles. The predicted molar refractivity (Wildman–Crippen MR) is 101 cm³/mol. The van der Waals surface area contributed by atoms with Crippen molar-refractivity contribution in [3.63, 3.8) is 0 Å². The lowest BCUT2D eigenvalue weighted by Gasteiger charge is -2.33. The molecule has 0 saturated carbocycles. The summed E-state index contributed by atoms with van der Waals surface area (Å²) in [5.41, 5.74) is 1.01. The van der Waals surface area contributed by atoms with Crippen LogP contribution in [0.2, 0.25) is 5.02 Å². The van der Waals surface area contributed by atoms with E-state index in [2.05, 4.69) is 5.32 Å². The Kier molecular flexibility index (Phi) is 6.92. The van der Waals surface area contributed by atoms with E-state index in [1.54, 1.807) is 0 Å². The van der Waals surface area contributed by atoms with Crippen LogP contribution in [0.25, 0.3) is 0 Å². The standard InChI is InChI=1S/C20H27ClN2O3/c21-18-3-1-2-16(12-18)13-22-19(24)5-4-15-6-9-23(10-7-15)20(25)17-8-11-26-14-17/h1-3,12,15,17H,4-11,13-14H2,(H,22,24)/t17-/m1/s1. The molecule has 6 heteroatoms. The van der Waals surface area contributed by atoms with Gasteiger partial charge in [-0.3, -0.25) is 9.59 Å². The fourth-order valence-electron chi connectivity index (χ4n) is 3.70. The van der Waals surface area contributed by atoms with Crippen molar-refractivity contribution < 1.29 is 14.3 Å². The van der Waals surface area contributed by atoms with Crippen molar-refractivity contribution in [1.29, 1.82) is 0 Å². The number of nitrogens with one attached hydrogen (secondary N) is 1. The summed E-state index contributed by atoms with van der Waals surface area (Å²) in [7, 11) is 0. The largest absolute Gasteiger partial charge is 0.381 e. The maximum Gasteiger partial charge on any atom is 0.228 e. The van der Waals surface area contributed by atoms with Gasteiger partial charge in [-0.05, 0) is 49.3 Å². The second kappa shape index (κ2) is 9.38. The number of hydrogen-bond donors (Lipinski definition) is 1. The van der Waals surface area contributed by atoms with Gasteiger partial charge in [-0.15, -0.1) is 0 Å². The Morgan fingerprint density at radius 2 is 2.04 bits per heavy atom. The maximum absolute atomic E-state index is 12.4. The van der Waals surface area contributed by atoms with E-state index in [9.17, 15) is 9.59 Å². The minimum absolute atomic E-state index is 0.0591. The summed E-state index contributed by atoms with van der Waals surface area (Å²) < 4.78 is 5.32. The molecule has 26 heavy (non-hydrogen) atoms. The monoisotopic (exact) mass is 378 g/mol. The molecule has 1 aromatic carbocycles. The zero-order valence-corrected chi connectivity index (χ0v) is 15.8. The third kappa shape index (κ3) is 5.45. The van der Waals surface area contributed by atoms with Crippen LogP contribution < -0.4 is 5.32 Å². The highest BCUT2D eigenvalue weighted by Crippen LogP contribution is 2.24. The fraction of sp³-hybridized carbons (Fsp3) is 0.600. The summed E-state index contributed by atoms with van der Waals surface area (Å²) in [5, 5.41) is 3.64. The van der Waals surface area contributed by atoms with Crippen LogP contribution in [-0.4, -0.2) is 43.0 Å². The van der Waals surface area contributed by atoms with Gasteiger partial charge in [-0.1, -0.05) is 23.7 Å². The SMILES string of the molecule is O=C(CCC1CCN(C(=O)[C@@H]2CCOC2)CC1)NCc1cccc(Cl)c1. The number of hydrogen-bond acceptors (Lipinski definition) is 3. The molecular formula is C20H27ClN2O3. The molecule has 2 amide bonds. The molecule has 0 spiro atoms. The smallest absolute Gasteiger partial charge is 0.228 e. The topological polar surface area (TPSA) is 58.6 Å². The highest BCUT2D eigenvalue weighted by atomic mass is 35.5. The number of halogens is 1. The molecule has 0 radical (unpaired) electrons. The molecule has 2 aliphatic rings. The molecule has 1 N–H and O–H groups in total. The molecule has 0 bridgehead atoms. The molecule has 2 saturated heterocycles. The van der Waals surface area contributed by atoms with Crippen LogP contribution in [0.5, 0.6) is 0 Å². The Hall–Kier alpha value is -1.59. The van der Waals surface area contributed by atoms with Crippen LogP contribution in [0.15, 0.2) is 24.3 Å². The first-order valence-electron chi connectivity index (χ1n) is 9.49. The third-order valence-electron chi connectivity index (χ3n) is 5.36. The van der Waals surface area contributed by atoms with E-state index in [1.807, 2.05) is 29.2 Å². The molecule has 0 aliphatic carbocycles. The van der Waals surface area contributed by atoms with Gasteiger partial charge in [-0.2, -0.15) is 0 Å². The van der Waals surface area contributed by atoms with Gasteiger partial charge in [0.1, 0.15) is 0 Å². The summed E-state index contributed by atoms with van der Waals surface area (Å²) in [5.74, 6) is 0.909.